The number of ether oxygens (including phenoxy) is 2. The van der Waals surface area contributed by atoms with Gasteiger partial charge in [0, 0.05) is 20.3 Å². The Hall–Kier alpha value is -1.32. The molecule has 68 valence electrons. The van der Waals surface area contributed by atoms with Gasteiger partial charge in [0.25, 0.3) is 0 Å². The summed E-state index contributed by atoms with van der Waals surface area (Å²) >= 11 is 0. The highest BCUT2D eigenvalue weighted by molar-refractivity contribution is 5.68. The first kappa shape index (κ1) is 10.7. The number of carbonyl (C=O) groups is 2. The predicted molar refractivity (Wildman–Crippen MR) is 41.9 cm³/mol. The minimum Gasteiger partial charge on any atom is -0.431 e. The third-order valence-electron chi connectivity index (χ3n) is 0.980. The van der Waals surface area contributed by atoms with Crippen molar-refractivity contribution in [3.8, 4) is 0 Å². The molecule has 0 saturated heterocycles. The quantitative estimate of drug-likeness (QED) is 0.476. The smallest absolute Gasteiger partial charge is 0.307 e. The van der Waals surface area contributed by atoms with E-state index in [0.29, 0.717) is 12.2 Å². The molecule has 4 heteroatoms. The van der Waals surface area contributed by atoms with Crippen LogP contribution in [-0.4, -0.2) is 11.9 Å². The third-order valence-corrected chi connectivity index (χ3v) is 0.980. The maximum Gasteiger partial charge on any atom is 0.307 e. The lowest BCUT2D eigenvalue weighted by Crippen LogP contribution is -2.00. The summed E-state index contributed by atoms with van der Waals surface area (Å²) in [4.78, 5) is 20.8. The van der Waals surface area contributed by atoms with Crippen molar-refractivity contribution >= 4 is 11.9 Å². The van der Waals surface area contributed by atoms with Gasteiger partial charge in [0.05, 0.1) is 0 Å². The summed E-state index contributed by atoms with van der Waals surface area (Å²) in [6, 6.07) is 0. The number of hydrogen-bond donors (Lipinski definition) is 0. The van der Waals surface area contributed by atoms with Crippen molar-refractivity contribution in [3.05, 3.63) is 12.0 Å². The van der Waals surface area contributed by atoms with E-state index < -0.39 is 11.9 Å². The minimum atomic E-state index is -0.437. The predicted octanol–water partition coefficient (Wildman–Crippen LogP) is 1.36. The van der Waals surface area contributed by atoms with E-state index in [1.807, 2.05) is 0 Å². The SMILES string of the molecule is CCC(=COC(C)=O)OC(C)=O. The van der Waals surface area contributed by atoms with Gasteiger partial charge < -0.3 is 9.47 Å². The van der Waals surface area contributed by atoms with E-state index in [9.17, 15) is 9.59 Å². The molecule has 0 aromatic heterocycles. The van der Waals surface area contributed by atoms with E-state index in [2.05, 4.69) is 4.74 Å². The number of carbonyl (C=O) groups excluding carboxylic acids is 2. The van der Waals surface area contributed by atoms with Crippen molar-refractivity contribution in [1.82, 2.24) is 0 Å². The summed E-state index contributed by atoms with van der Waals surface area (Å²) in [5, 5.41) is 0. The fourth-order valence-electron chi connectivity index (χ4n) is 0.513. The summed E-state index contributed by atoms with van der Waals surface area (Å²) in [6.07, 6.45) is 1.65. The van der Waals surface area contributed by atoms with Gasteiger partial charge in [-0.15, -0.1) is 0 Å². The van der Waals surface area contributed by atoms with Crippen molar-refractivity contribution in [2.75, 3.05) is 0 Å². The molecular weight excluding hydrogens is 160 g/mol. The maximum absolute atomic E-state index is 10.5. The normalized spacial score (nSPS) is 10.8. The molecule has 0 aliphatic rings. The molecule has 0 bridgehead atoms. The van der Waals surface area contributed by atoms with Gasteiger partial charge in [-0.3, -0.25) is 9.59 Å². The fourth-order valence-corrected chi connectivity index (χ4v) is 0.513. The molecule has 0 atom stereocenters. The van der Waals surface area contributed by atoms with Crippen LogP contribution in [0.1, 0.15) is 27.2 Å². The van der Waals surface area contributed by atoms with Crippen LogP contribution in [0.15, 0.2) is 12.0 Å². The van der Waals surface area contributed by atoms with E-state index in [-0.39, 0.29) is 0 Å². The molecule has 12 heavy (non-hydrogen) atoms. The van der Waals surface area contributed by atoms with Crippen LogP contribution in [-0.2, 0) is 19.1 Å². The van der Waals surface area contributed by atoms with Crippen LogP contribution in [0.5, 0.6) is 0 Å². The molecule has 0 radical (unpaired) electrons. The molecule has 0 saturated carbocycles. The van der Waals surface area contributed by atoms with Gasteiger partial charge in [-0.25, -0.2) is 0 Å². The monoisotopic (exact) mass is 172 g/mol. The topological polar surface area (TPSA) is 52.6 Å². The van der Waals surface area contributed by atoms with Gasteiger partial charge >= 0.3 is 11.9 Å². The second kappa shape index (κ2) is 5.35. The summed E-state index contributed by atoms with van der Waals surface area (Å²) in [6.45, 7) is 4.35. The van der Waals surface area contributed by atoms with Crippen LogP contribution in [0.25, 0.3) is 0 Å². The van der Waals surface area contributed by atoms with Crippen molar-refractivity contribution < 1.29 is 19.1 Å². The highest BCUT2D eigenvalue weighted by Gasteiger charge is 2.00. The molecule has 0 aromatic carbocycles. The van der Waals surface area contributed by atoms with Crippen molar-refractivity contribution in [2.24, 2.45) is 0 Å². The van der Waals surface area contributed by atoms with Crippen LogP contribution >= 0.6 is 0 Å². The summed E-state index contributed by atoms with van der Waals surface area (Å²) < 4.78 is 9.21. The molecule has 0 aromatic rings. The number of hydrogen-bond acceptors (Lipinski definition) is 4. The first-order valence-electron chi connectivity index (χ1n) is 3.61. The van der Waals surface area contributed by atoms with Crippen LogP contribution in [0.4, 0.5) is 0 Å². The molecule has 0 amide bonds. The average Bonchev–Trinajstić information content (AvgIpc) is 1.97. The van der Waals surface area contributed by atoms with Gasteiger partial charge in [0.15, 0.2) is 0 Å². The Morgan fingerprint density at radius 3 is 2.17 bits per heavy atom. The van der Waals surface area contributed by atoms with Crippen LogP contribution in [0, 0.1) is 0 Å². The molecule has 0 N–H and O–H groups in total. The lowest BCUT2D eigenvalue weighted by molar-refractivity contribution is -0.140. The Morgan fingerprint density at radius 2 is 1.83 bits per heavy atom. The van der Waals surface area contributed by atoms with Gasteiger partial charge in [-0.1, -0.05) is 6.92 Å². The maximum atomic E-state index is 10.5. The first-order valence-corrected chi connectivity index (χ1v) is 3.61. The summed E-state index contributed by atoms with van der Waals surface area (Å²) in [7, 11) is 0. The molecule has 0 heterocycles. The van der Waals surface area contributed by atoms with E-state index in [1.54, 1.807) is 6.92 Å². The molecule has 0 rings (SSSR count). The van der Waals surface area contributed by atoms with E-state index in [1.165, 1.54) is 13.8 Å². The number of rotatable bonds is 3. The largest absolute Gasteiger partial charge is 0.431 e. The molecule has 4 nitrogen and oxygen atoms in total. The first-order chi connectivity index (χ1) is 5.56. The average molecular weight is 172 g/mol. The molecule has 0 aliphatic heterocycles. The zero-order chi connectivity index (χ0) is 9.56. The standard InChI is InChI=1S/C8H12O4/c1-4-8(12-7(3)10)5-11-6(2)9/h5H,4H2,1-3H3. The van der Waals surface area contributed by atoms with Crippen LogP contribution in [0.2, 0.25) is 0 Å². The minimum absolute atomic E-state index is 0.345. The molecule has 0 fully saturated rings. The summed E-state index contributed by atoms with van der Waals surface area (Å²) in [5.41, 5.74) is 0. The van der Waals surface area contributed by atoms with Crippen LogP contribution < -0.4 is 0 Å². The second-order valence-corrected chi connectivity index (χ2v) is 2.14. The van der Waals surface area contributed by atoms with E-state index >= 15 is 0 Å². The Balaban J connectivity index is 4.04. The number of esters is 2. The van der Waals surface area contributed by atoms with Crippen molar-refractivity contribution in [3.63, 3.8) is 0 Å². The molecule has 0 unspecified atom stereocenters. The third kappa shape index (κ3) is 5.46. The Kier molecular flexibility index (Phi) is 4.76. The van der Waals surface area contributed by atoms with E-state index in [4.69, 9.17) is 4.74 Å². The van der Waals surface area contributed by atoms with Crippen molar-refractivity contribution in [2.45, 2.75) is 27.2 Å². The zero-order valence-corrected chi connectivity index (χ0v) is 7.42. The lowest BCUT2D eigenvalue weighted by atomic mass is 10.4. The second-order valence-electron chi connectivity index (χ2n) is 2.14. The number of allylic oxidation sites excluding steroid dienone is 1. The van der Waals surface area contributed by atoms with Gasteiger partial charge in [0.1, 0.15) is 12.0 Å². The van der Waals surface area contributed by atoms with Crippen molar-refractivity contribution in [1.29, 1.82) is 0 Å². The Bertz CT molecular complexity index is 205. The Morgan fingerprint density at radius 1 is 1.25 bits per heavy atom. The Labute approximate surface area is 71.2 Å². The highest BCUT2D eigenvalue weighted by atomic mass is 16.6. The summed E-state index contributed by atoms with van der Waals surface area (Å²) in [5.74, 6) is -0.513. The fraction of sp³-hybridized carbons (Fsp3) is 0.500. The lowest BCUT2D eigenvalue weighted by Gasteiger charge is -2.02. The molecular formula is C8H12O4. The van der Waals surface area contributed by atoms with Gasteiger partial charge in [-0.05, 0) is 0 Å². The highest BCUT2D eigenvalue weighted by Crippen LogP contribution is 2.03. The van der Waals surface area contributed by atoms with Gasteiger partial charge in [0.2, 0.25) is 0 Å². The molecule has 0 aliphatic carbocycles. The van der Waals surface area contributed by atoms with Gasteiger partial charge in [-0.2, -0.15) is 0 Å². The van der Waals surface area contributed by atoms with E-state index in [0.717, 1.165) is 6.26 Å². The van der Waals surface area contributed by atoms with Crippen LogP contribution in [0.3, 0.4) is 0 Å². The molecule has 0 spiro atoms. The zero-order valence-electron chi connectivity index (χ0n) is 7.42.